The average Bonchev–Trinajstić information content (AvgIpc) is 2.65. The molecule has 0 aliphatic rings. The van der Waals surface area contributed by atoms with Gasteiger partial charge in [0, 0.05) is 16.3 Å². The number of benzene rings is 1. The minimum absolute atomic E-state index is 0.398. The molecule has 0 amide bonds. The molecule has 1 heterocycles. The molecule has 1 aromatic carbocycles. The van der Waals surface area contributed by atoms with Gasteiger partial charge in [0.2, 0.25) is 0 Å². The Balaban J connectivity index is 2.30. The fourth-order valence-electron chi connectivity index (χ4n) is 1.89. The third kappa shape index (κ3) is 2.85. The SMILES string of the molecule is Cc1ccc(Cc2sc(N)nc2C(C)C)cc1Cl. The molecule has 0 bridgehead atoms. The Hall–Kier alpha value is -1.06. The van der Waals surface area contributed by atoms with Gasteiger partial charge in [-0.3, -0.25) is 0 Å². The van der Waals surface area contributed by atoms with E-state index in [1.807, 2.05) is 13.0 Å². The first-order valence-corrected chi connectivity index (χ1v) is 7.17. The molecule has 2 nitrogen and oxygen atoms in total. The highest BCUT2D eigenvalue weighted by Gasteiger charge is 2.13. The number of halogens is 1. The first kappa shape index (κ1) is 13.4. The molecule has 0 aliphatic heterocycles. The number of thiazole rings is 1. The molecule has 1 aromatic heterocycles. The molecule has 18 heavy (non-hydrogen) atoms. The standard InChI is InChI=1S/C14H17ClN2S/c1-8(2)13-12(18-14(16)17-13)7-10-5-4-9(3)11(15)6-10/h4-6,8H,7H2,1-3H3,(H2,16,17). The van der Waals surface area contributed by atoms with Gasteiger partial charge in [-0.05, 0) is 30.0 Å². The molecular weight excluding hydrogens is 264 g/mol. The summed E-state index contributed by atoms with van der Waals surface area (Å²) in [6, 6.07) is 6.19. The Bertz CT molecular complexity index is 561. The maximum absolute atomic E-state index is 6.15. The lowest BCUT2D eigenvalue weighted by Crippen LogP contribution is -1.95. The monoisotopic (exact) mass is 280 g/mol. The summed E-state index contributed by atoms with van der Waals surface area (Å²) in [4.78, 5) is 5.65. The van der Waals surface area contributed by atoms with E-state index in [2.05, 4.69) is 31.0 Å². The van der Waals surface area contributed by atoms with Gasteiger partial charge in [-0.15, -0.1) is 11.3 Å². The Morgan fingerprint density at radius 2 is 2.11 bits per heavy atom. The maximum Gasteiger partial charge on any atom is 0.180 e. The number of hydrogen-bond acceptors (Lipinski definition) is 3. The third-order valence-electron chi connectivity index (χ3n) is 2.89. The highest BCUT2D eigenvalue weighted by molar-refractivity contribution is 7.15. The number of nitrogen functional groups attached to an aromatic ring is 1. The molecule has 0 radical (unpaired) electrons. The van der Waals surface area contributed by atoms with Gasteiger partial charge in [-0.25, -0.2) is 4.98 Å². The molecule has 0 saturated carbocycles. The second-order valence-corrected chi connectivity index (χ2v) is 6.30. The van der Waals surface area contributed by atoms with Crippen molar-refractivity contribution in [2.45, 2.75) is 33.1 Å². The Morgan fingerprint density at radius 1 is 1.39 bits per heavy atom. The molecule has 2 N–H and O–H groups in total. The molecule has 0 atom stereocenters. The van der Waals surface area contributed by atoms with Gasteiger partial charge in [0.25, 0.3) is 0 Å². The van der Waals surface area contributed by atoms with Crippen LogP contribution in [0, 0.1) is 6.92 Å². The van der Waals surface area contributed by atoms with E-state index >= 15 is 0 Å². The van der Waals surface area contributed by atoms with Crippen molar-refractivity contribution >= 4 is 28.1 Å². The first-order chi connectivity index (χ1) is 8.47. The summed E-state index contributed by atoms with van der Waals surface area (Å²) in [5, 5.41) is 1.46. The van der Waals surface area contributed by atoms with E-state index in [-0.39, 0.29) is 0 Å². The normalized spacial score (nSPS) is 11.2. The zero-order valence-electron chi connectivity index (χ0n) is 10.8. The molecule has 0 unspecified atom stereocenters. The van der Waals surface area contributed by atoms with Crippen LogP contribution >= 0.6 is 22.9 Å². The van der Waals surface area contributed by atoms with Gasteiger partial charge in [0.15, 0.2) is 5.13 Å². The highest BCUT2D eigenvalue weighted by atomic mass is 35.5. The Labute approximate surface area is 117 Å². The van der Waals surface area contributed by atoms with Crippen molar-refractivity contribution in [2.75, 3.05) is 5.73 Å². The summed E-state index contributed by atoms with van der Waals surface area (Å²) in [5.74, 6) is 0.398. The lowest BCUT2D eigenvalue weighted by atomic mass is 10.0. The summed E-state index contributed by atoms with van der Waals surface area (Å²) >= 11 is 7.72. The number of aromatic nitrogens is 1. The molecule has 0 spiro atoms. The fraction of sp³-hybridized carbons (Fsp3) is 0.357. The number of rotatable bonds is 3. The number of nitrogens with two attached hydrogens (primary N) is 1. The topological polar surface area (TPSA) is 38.9 Å². The fourth-order valence-corrected chi connectivity index (χ4v) is 3.12. The van der Waals surface area contributed by atoms with Gasteiger partial charge >= 0.3 is 0 Å². The summed E-state index contributed by atoms with van der Waals surface area (Å²) < 4.78 is 0. The van der Waals surface area contributed by atoms with E-state index < -0.39 is 0 Å². The zero-order chi connectivity index (χ0) is 13.3. The van der Waals surface area contributed by atoms with Crippen LogP contribution in [-0.2, 0) is 6.42 Å². The predicted molar refractivity (Wildman–Crippen MR) is 79.6 cm³/mol. The Kier molecular flexibility index (Phi) is 3.93. The number of nitrogens with zero attached hydrogens (tertiary/aromatic N) is 1. The van der Waals surface area contributed by atoms with Gasteiger partial charge in [-0.2, -0.15) is 0 Å². The molecule has 2 rings (SSSR count). The van der Waals surface area contributed by atoms with Gasteiger partial charge in [0.05, 0.1) is 5.69 Å². The van der Waals surface area contributed by atoms with Crippen molar-refractivity contribution in [1.29, 1.82) is 0 Å². The van der Waals surface area contributed by atoms with Crippen molar-refractivity contribution < 1.29 is 0 Å². The van der Waals surface area contributed by atoms with Crippen LogP contribution in [0.1, 0.15) is 41.5 Å². The smallest absolute Gasteiger partial charge is 0.180 e. The second kappa shape index (κ2) is 5.29. The van der Waals surface area contributed by atoms with E-state index in [0.717, 1.165) is 22.7 Å². The van der Waals surface area contributed by atoms with Crippen molar-refractivity contribution in [3.8, 4) is 0 Å². The van der Waals surface area contributed by atoms with E-state index in [4.69, 9.17) is 17.3 Å². The van der Waals surface area contributed by atoms with Crippen molar-refractivity contribution in [3.63, 3.8) is 0 Å². The molecular formula is C14H17ClN2S. The summed E-state index contributed by atoms with van der Waals surface area (Å²) in [5.41, 5.74) is 9.22. The molecule has 4 heteroatoms. The van der Waals surface area contributed by atoms with Crippen LogP contribution in [0.25, 0.3) is 0 Å². The summed E-state index contributed by atoms with van der Waals surface area (Å²) in [6.45, 7) is 6.29. The lowest BCUT2D eigenvalue weighted by Gasteiger charge is -2.06. The van der Waals surface area contributed by atoms with E-state index in [1.165, 1.54) is 10.4 Å². The lowest BCUT2D eigenvalue weighted by molar-refractivity contribution is 0.820. The van der Waals surface area contributed by atoms with Gasteiger partial charge in [-0.1, -0.05) is 37.6 Å². The second-order valence-electron chi connectivity index (χ2n) is 4.78. The predicted octanol–water partition coefficient (Wildman–Crippen LogP) is 4.40. The summed E-state index contributed by atoms with van der Waals surface area (Å²) in [6.07, 6.45) is 0.850. The molecule has 96 valence electrons. The quantitative estimate of drug-likeness (QED) is 0.905. The van der Waals surface area contributed by atoms with Crippen LogP contribution in [0.3, 0.4) is 0 Å². The number of hydrogen-bond donors (Lipinski definition) is 1. The van der Waals surface area contributed by atoms with Crippen molar-refractivity contribution in [1.82, 2.24) is 4.98 Å². The molecule has 2 aromatic rings. The van der Waals surface area contributed by atoms with Crippen molar-refractivity contribution in [2.24, 2.45) is 0 Å². The molecule has 0 fully saturated rings. The summed E-state index contributed by atoms with van der Waals surface area (Å²) in [7, 11) is 0. The van der Waals surface area contributed by atoms with Crippen LogP contribution in [0.5, 0.6) is 0 Å². The van der Waals surface area contributed by atoms with Gasteiger partial charge < -0.3 is 5.73 Å². The minimum Gasteiger partial charge on any atom is -0.375 e. The maximum atomic E-state index is 6.15. The number of aryl methyl sites for hydroxylation is 1. The molecule has 0 aliphatic carbocycles. The number of anilines is 1. The van der Waals surface area contributed by atoms with Gasteiger partial charge in [0.1, 0.15) is 0 Å². The Morgan fingerprint density at radius 3 is 2.72 bits per heavy atom. The first-order valence-electron chi connectivity index (χ1n) is 5.97. The van der Waals surface area contributed by atoms with Crippen LogP contribution in [0.15, 0.2) is 18.2 Å². The van der Waals surface area contributed by atoms with Crippen molar-refractivity contribution in [3.05, 3.63) is 44.9 Å². The van der Waals surface area contributed by atoms with E-state index in [9.17, 15) is 0 Å². The van der Waals surface area contributed by atoms with Crippen LogP contribution in [-0.4, -0.2) is 4.98 Å². The van der Waals surface area contributed by atoms with Crippen LogP contribution < -0.4 is 5.73 Å². The third-order valence-corrected chi connectivity index (χ3v) is 4.20. The van der Waals surface area contributed by atoms with Crippen LogP contribution in [0.4, 0.5) is 5.13 Å². The highest BCUT2D eigenvalue weighted by Crippen LogP contribution is 2.29. The largest absolute Gasteiger partial charge is 0.375 e. The average molecular weight is 281 g/mol. The van der Waals surface area contributed by atoms with E-state index in [0.29, 0.717) is 11.0 Å². The molecule has 0 saturated heterocycles. The van der Waals surface area contributed by atoms with E-state index in [1.54, 1.807) is 11.3 Å². The zero-order valence-corrected chi connectivity index (χ0v) is 12.4. The minimum atomic E-state index is 0.398. The van der Waals surface area contributed by atoms with Crippen LogP contribution in [0.2, 0.25) is 5.02 Å².